The fraction of sp³-hybridized carbons (Fsp3) is 0.708. The molecular formula is C24H40N2O3. The third-order valence-electron chi connectivity index (χ3n) is 5.58. The van der Waals surface area contributed by atoms with Crippen LogP contribution in [0.4, 0.5) is 4.79 Å². The van der Waals surface area contributed by atoms with Gasteiger partial charge in [0.15, 0.2) is 0 Å². The first-order chi connectivity index (χ1) is 13.7. The zero-order valence-corrected chi connectivity index (χ0v) is 19.2. The van der Waals surface area contributed by atoms with E-state index in [9.17, 15) is 4.79 Å². The van der Waals surface area contributed by atoms with E-state index >= 15 is 0 Å². The Morgan fingerprint density at radius 3 is 2.34 bits per heavy atom. The number of amides is 1. The number of likely N-dealkylation sites (tertiary alicyclic amines) is 1. The Bertz CT molecular complexity index is 616. The van der Waals surface area contributed by atoms with Crippen molar-refractivity contribution in [2.45, 2.75) is 71.9 Å². The Balaban J connectivity index is 1.86. The number of hydrogen-bond acceptors (Lipinski definition) is 4. The van der Waals surface area contributed by atoms with Crippen molar-refractivity contribution in [3.8, 4) is 5.75 Å². The van der Waals surface area contributed by atoms with E-state index in [1.807, 2.05) is 37.8 Å². The third kappa shape index (κ3) is 7.88. The maximum Gasteiger partial charge on any atom is 0.410 e. The number of methoxy groups -OCH3 is 1. The van der Waals surface area contributed by atoms with Gasteiger partial charge in [-0.1, -0.05) is 19.1 Å². The minimum absolute atomic E-state index is 0.172. The van der Waals surface area contributed by atoms with Crippen molar-refractivity contribution in [1.29, 1.82) is 0 Å². The average molecular weight is 405 g/mol. The average Bonchev–Trinajstić information content (AvgIpc) is 2.67. The Labute approximate surface area is 177 Å². The first-order valence-corrected chi connectivity index (χ1v) is 11.1. The van der Waals surface area contributed by atoms with E-state index in [0.717, 1.165) is 57.6 Å². The third-order valence-corrected chi connectivity index (χ3v) is 5.58. The smallest absolute Gasteiger partial charge is 0.410 e. The molecule has 2 rings (SSSR count). The van der Waals surface area contributed by atoms with E-state index in [0.29, 0.717) is 12.0 Å². The molecule has 0 N–H and O–H groups in total. The van der Waals surface area contributed by atoms with Crippen molar-refractivity contribution in [2.75, 3.05) is 33.3 Å². The van der Waals surface area contributed by atoms with Crippen molar-refractivity contribution < 1.29 is 14.3 Å². The molecule has 5 heteroatoms. The molecule has 1 aliphatic heterocycles. The van der Waals surface area contributed by atoms with Gasteiger partial charge in [0.05, 0.1) is 7.11 Å². The van der Waals surface area contributed by atoms with Crippen LogP contribution in [0.1, 0.15) is 59.4 Å². The monoisotopic (exact) mass is 404 g/mol. The van der Waals surface area contributed by atoms with Crippen LogP contribution in [0.25, 0.3) is 0 Å². The van der Waals surface area contributed by atoms with Crippen molar-refractivity contribution in [1.82, 2.24) is 9.80 Å². The summed E-state index contributed by atoms with van der Waals surface area (Å²) in [6.07, 6.45) is 4.13. The van der Waals surface area contributed by atoms with Gasteiger partial charge in [0, 0.05) is 25.7 Å². The topological polar surface area (TPSA) is 42.0 Å². The highest BCUT2D eigenvalue weighted by molar-refractivity contribution is 5.68. The zero-order valence-electron chi connectivity index (χ0n) is 19.2. The maximum atomic E-state index is 12.3. The number of carbonyl (C=O) groups is 1. The number of ether oxygens (including phenoxy) is 2. The van der Waals surface area contributed by atoms with Crippen molar-refractivity contribution in [3.63, 3.8) is 0 Å². The number of hydrogen-bond donors (Lipinski definition) is 0. The van der Waals surface area contributed by atoms with E-state index in [1.165, 1.54) is 5.56 Å². The van der Waals surface area contributed by atoms with Gasteiger partial charge in [-0.15, -0.1) is 0 Å². The van der Waals surface area contributed by atoms with Gasteiger partial charge in [0.25, 0.3) is 0 Å². The van der Waals surface area contributed by atoms with Crippen molar-refractivity contribution >= 4 is 6.09 Å². The van der Waals surface area contributed by atoms with Crippen LogP contribution in [0.15, 0.2) is 24.3 Å². The molecule has 0 aromatic heterocycles. The van der Waals surface area contributed by atoms with Gasteiger partial charge in [-0.2, -0.15) is 0 Å². The van der Waals surface area contributed by atoms with Gasteiger partial charge < -0.3 is 19.3 Å². The Morgan fingerprint density at radius 1 is 1.21 bits per heavy atom. The molecule has 1 aromatic carbocycles. The molecule has 29 heavy (non-hydrogen) atoms. The molecule has 0 bridgehead atoms. The second-order valence-electron chi connectivity index (χ2n) is 9.31. The molecule has 1 amide bonds. The molecule has 1 saturated heterocycles. The predicted octanol–water partition coefficient (Wildman–Crippen LogP) is 4.99. The number of benzene rings is 1. The molecule has 1 fully saturated rings. The van der Waals surface area contributed by atoms with Gasteiger partial charge >= 0.3 is 6.09 Å². The Kier molecular flexibility index (Phi) is 8.81. The van der Waals surface area contributed by atoms with Crippen LogP contribution in [0.3, 0.4) is 0 Å². The summed E-state index contributed by atoms with van der Waals surface area (Å²) in [7, 11) is 1.70. The summed E-state index contributed by atoms with van der Waals surface area (Å²) >= 11 is 0. The molecule has 1 heterocycles. The summed E-state index contributed by atoms with van der Waals surface area (Å²) < 4.78 is 10.8. The first kappa shape index (κ1) is 23.5. The van der Waals surface area contributed by atoms with Gasteiger partial charge in [-0.25, -0.2) is 4.79 Å². The largest absolute Gasteiger partial charge is 0.497 e. The van der Waals surface area contributed by atoms with Gasteiger partial charge in [0.2, 0.25) is 0 Å². The summed E-state index contributed by atoms with van der Waals surface area (Å²) in [6, 6.07) is 8.90. The highest BCUT2D eigenvalue weighted by Crippen LogP contribution is 2.23. The normalized spacial score (nSPS) is 16.7. The van der Waals surface area contributed by atoms with Crippen LogP contribution in [0.5, 0.6) is 5.75 Å². The number of piperidine rings is 1. The standard InChI is InChI=1S/C24H40N2O3/c1-7-14-26(19(2)17-20-8-10-22(28-6)11-9-20)18-21-12-15-25(16-13-21)23(27)29-24(3,4)5/h8-11,19,21H,7,12-18H2,1-6H3. The molecule has 164 valence electrons. The second-order valence-corrected chi connectivity index (χ2v) is 9.31. The molecule has 1 aromatic rings. The zero-order chi connectivity index (χ0) is 21.4. The lowest BCUT2D eigenvalue weighted by atomic mass is 9.95. The van der Waals surface area contributed by atoms with Crippen LogP contribution in [-0.4, -0.2) is 60.8 Å². The molecular weight excluding hydrogens is 364 g/mol. The van der Waals surface area contributed by atoms with Gasteiger partial charge in [-0.05, 0) is 83.5 Å². The minimum atomic E-state index is -0.428. The summed E-state index contributed by atoms with van der Waals surface area (Å²) in [6.45, 7) is 14.2. The van der Waals surface area contributed by atoms with Crippen molar-refractivity contribution in [2.24, 2.45) is 5.92 Å². The summed E-state index contributed by atoms with van der Waals surface area (Å²) in [4.78, 5) is 16.8. The molecule has 0 radical (unpaired) electrons. The fourth-order valence-electron chi connectivity index (χ4n) is 3.97. The molecule has 0 aliphatic carbocycles. The van der Waals surface area contributed by atoms with Crippen LogP contribution in [0.2, 0.25) is 0 Å². The second kappa shape index (κ2) is 10.9. The van der Waals surface area contributed by atoms with Crippen LogP contribution < -0.4 is 4.74 Å². The van der Waals surface area contributed by atoms with Crippen LogP contribution >= 0.6 is 0 Å². The van der Waals surface area contributed by atoms with E-state index < -0.39 is 5.60 Å². The lowest BCUT2D eigenvalue weighted by Gasteiger charge is -2.37. The van der Waals surface area contributed by atoms with E-state index in [2.05, 4.69) is 30.9 Å². The van der Waals surface area contributed by atoms with Crippen LogP contribution in [-0.2, 0) is 11.2 Å². The number of carbonyl (C=O) groups excluding carboxylic acids is 1. The summed E-state index contributed by atoms with van der Waals surface area (Å²) in [5.41, 5.74) is 0.919. The SMILES string of the molecule is CCCN(CC1CCN(C(=O)OC(C)(C)C)CC1)C(C)Cc1ccc(OC)cc1. The van der Waals surface area contributed by atoms with Crippen LogP contribution in [0, 0.1) is 5.92 Å². The van der Waals surface area contributed by atoms with Gasteiger partial charge in [0.1, 0.15) is 11.4 Å². The maximum absolute atomic E-state index is 12.3. The molecule has 0 saturated carbocycles. The Hall–Kier alpha value is -1.75. The van der Waals surface area contributed by atoms with Gasteiger partial charge in [-0.3, -0.25) is 0 Å². The van der Waals surface area contributed by atoms with E-state index in [4.69, 9.17) is 9.47 Å². The lowest BCUT2D eigenvalue weighted by molar-refractivity contribution is 0.0163. The number of nitrogens with zero attached hydrogens (tertiary/aromatic N) is 2. The molecule has 0 spiro atoms. The van der Waals surface area contributed by atoms with E-state index in [-0.39, 0.29) is 6.09 Å². The Morgan fingerprint density at radius 2 is 1.83 bits per heavy atom. The first-order valence-electron chi connectivity index (χ1n) is 11.1. The number of rotatable bonds is 8. The molecule has 5 nitrogen and oxygen atoms in total. The van der Waals surface area contributed by atoms with Crippen molar-refractivity contribution in [3.05, 3.63) is 29.8 Å². The molecule has 1 unspecified atom stereocenters. The summed E-state index contributed by atoms with van der Waals surface area (Å²) in [5, 5.41) is 0. The highest BCUT2D eigenvalue weighted by atomic mass is 16.6. The highest BCUT2D eigenvalue weighted by Gasteiger charge is 2.28. The minimum Gasteiger partial charge on any atom is -0.497 e. The predicted molar refractivity (Wildman–Crippen MR) is 119 cm³/mol. The molecule has 1 aliphatic rings. The summed E-state index contributed by atoms with van der Waals surface area (Å²) in [5.74, 6) is 1.54. The molecule has 1 atom stereocenters. The fourth-order valence-corrected chi connectivity index (χ4v) is 3.97. The van der Waals surface area contributed by atoms with E-state index in [1.54, 1.807) is 7.11 Å². The quantitative estimate of drug-likeness (QED) is 0.612. The lowest BCUT2D eigenvalue weighted by Crippen LogP contribution is -2.45.